The molecular formula is C13H12F2N2O3. The van der Waals surface area contributed by atoms with Gasteiger partial charge in [0.05, 0.1) is 6.54 Å². The molecule has 0 atom stereocenters. The lowest BCUT2D eigenvalue weighted by Gasteiger charge is -2.18. The summed E-state index contributed by atoms with van der Waals surface area (Å²) < 4.78 is 26.0. The van der Waals surface area contributed by atoms with Crippen molar-refractivity contribution in [2.24, 2.45) is 0 Å². The summed E-state index contributed by atoms with van der Waals surface area (Å²) in [4.78, 5) is 23.1. The van der Waals surface area contributed by atoms with Crippen molar-refractivity contribution >= 4 is 12.0 Å². The molecule has 2 amide bonds. The molecule has 2 N–H and O–H groups in total. The summed E-state index contributed by atoms with van der Waals surface area (Å²) in [5.41, 5.74) is 0.0794. The van der Waals surface area contributed by atoms with Gasteiger partial charge >= 0.3 is 12.0 Å². The highest BCUT2D eigenvalue weighted by molar-refractivity contribution is 5.80. The van der Waals surface area contributed by atoms with Crippen LogP contribution in [0.15, 0.2) is 18.2 Å². The van der Waals surface area contributed by atoms with E-state index in [1.165, 1.54) is 6.07 Å². The Morgan fingerprint density at radius 3 is 2.65 bits per heavy atom. The van der Waals surface area contributed by atoms with E-state index in [-0.39, 0.29) is 18.7 Å². The maximum Gasteiger partial charge on any atom is 0.323 e. The maximum atomic E-state index is 13.3. The molecule has 0 bridgehead atoms. The number of benzene rings is 1. The minimum absolute atomic E-state index is 0.0794. The second-order valence-electron chi connectivity index (χ2n) is 3.85. The number of carboxylic acid groups (broad SMARTS) is 1. The zero-order chi connectivity index (χ0) is 15.1. The molecule has 0 aromatic heterocycles. The normalized spacial score (nSPS) is 9.65. The number of nitrogens with one attached hydrogen (secondary N) is 1. The summed E-state index contributed by atoms with van der Waals surface area (Å²) in [5.74, 6) is -0.594. The Bertz CT molecular complexity index is 555. The van der Waals surface area contributed by atoms with Crippen LogP contribution in [-0.2, 0) is 11.3 Å². The summed E-state index contributed by atoms with van der Waals surface area (Å²) in [6, 6.07) is 2.20. The standard InChI is InChI=1S/C13H12F2N2O3/c1-2-5-17(8-12(18)19)13(20)16-7-9-3-4-10(14)6-11(9)15/h1,3-4,6H,5,7-8H2,(H,16,20)(H,18,19). The van der Waals surface area contributed by atoms with Crippen molar-refractivity contribution in [2.75, 3.05) is 13.1 Å². The van der Waals surface area contributed by atoms with Gasteiger partial charge in [0, 0.05) is 18.2 Å². The van der Waals surface area contributed by atoms with Gasteiger partial charge in [0.1, 0.15) is 18.2 Å². The van der Waals surface area contributed by atoms with Gasteiger partial charge in [-0.25, -0.2) is 13.6 Å². The van der Waals surface area contributed by atoms with Crippen molar-refractivity contribution in [2.45, 2.75) is 6.54 Å². The first kappa shape index (κ1) is 15.4. The van der Waals surface area contributed by atoms with E-state index < -0.39 is 30.2 Å². The number of terminal acetylenes is 1. The SMILES string of the molecule is C#CCN(CC(=O)O)C(=O)NCc1ccc(F)cc1F. The molecule has 0 fully saturated rings. The van der Waals surface area contributed by atoms with Crippen LogP contribution in [0.2, 0.25) is 0 Å². The van der Waals surface area contributed by atoms with Gasteiger partial charge in [-0.05, 0) is 6.07 Å². The smallest absolute Gasteiger partial charge is 0.323 e. The highest BCUT2D eigenvalue weighted by atomic mass is 19.1. The van der Waals surface area contributed by atoms with Crippen LogP contribution in [0.5, 0.6) is 0 Å². The Morgan fingerprint density at radius 1 is 1.40 bits per heavy atom. The quantitative estimate of drug-likeness (QED) is 0.797. The Kier molecular flexibility index (Phi) is 5.47. The Labute approximate surface area is 114 Å². The highest BCUT2D eigenvalue weighted by Gasteiger charge is 2.15. The zero-order valence-electron chi connectivity index (χ0n) is 10.4. The van der Waals surface area contributed by atoms with Crippen LogP contribution in [0.1, 0.15) is 5.56 Å². The van der Waals surface area contributed by atoms with E-state index in [0.29, 0.717) is 6.07 Å². The summed E-state index contributed by atoms with van der Waals surface area (Å²) in [5, 5.41) is 10.9. The van der Waals surface area contributed by atoms with Crippen molar-refractivity contribution < 1.29 is 23.5 Å². The van der Waals surface area contributed by atoms with Crippen LogP contribution in [0.25, 0.3) is 0 Å². The number of carbonyl (C=O) groups is 2. The molecule has 0 heterocycles. The van der Waals surface area contributed by atoms with Gasteiger partial charge in [-0.1, -0.05) is 12.0 Å². The van der Waals surface area contributed by atoms with Gasteiger partial charge < -0.3 is 15.3 Å². The summed E-state index contributed by atoms with van der Waals surface area (Å²) >= 11 is 0. The molecule has 106 valence electrons. The number of amides is 2. The van der Waals surface area contributed by atoms with Gasteiger partial charge in [0.25, 0.3) is 0 Å². The van der Waals surface area contributed by atoms with Gasteiger partial charge in [-0.2, -0.15) is 0 Å². The van der Waals surface area contributed by atoms with Gasteiger partial charge in [-0.3, -0.25) is 4.79 Å². The average Bonchev–Trinajstić information content (AvgIpc) is 2.36. The van der Waals surface area contributed by atoms with Gasteiger partial charge in [0.2, 0.25) is 0 Å². The molecule has 0 aliphatic carbocycles. The molecule has 0 aliphatic heterocycles. The molecule has 0 unspecified atom stereocenters. The monoisotopic (exact) mass is 282 g/mol. The van der Waals surface area contributed by atoms with Crippen molar-refractivity contribution in [3.8, 4) is 12.3 Å². The van der Waals surface area contributed by atoms with Crippen molar-refractivity contribution in [1.82, 2.24) is 10.2 Å². The molecule has 1 aromatic carbocycles. The zero-order valence-corrected chi connectivity index (χ0v) is 10.4. The molecule has 0 spiro atoms. The van der Waals surface area contributed by atoms with E-state index in [1.54, 1.807) is 0 Å². The van der Waals surface area contributed by atoms with Crippen LogP contribution in [-0.4, -0.2) is 35.1 Å². The predicted octanol–water partition coefficient (Wildman–Crippen LogP) is 1.19. The van der Waals surface area contributed by atoms with Crippen LogP contribution in [0.4, 0.5) is 13.6 Å². The van der Waals surface area contributed by atoms with E-state index in [2.05, 4.69) is 11.2 Å². The third kappa shape index (κ3) is 4.57. The van der Waals surface area contributed by atoms with E-state index in [4.69, 9.17) is 11.5 Å². The number of nitrogens with zero attached hydrogens (tertiary/aromatic N) is 1. The molecule has 1 aromatic rings. The van der Waals surface area contributed by atoms with Crippen molar-refractivity contribution in [3.63, 3.8) is 0 Å². The predicted molar refractivity (Wildman–Crippen MR) is 66.6 cm³/mol. The Balaban J connectivity index is 2.64. The van der Waals surface area contributed by atoms with Crippen LogP contribution in [0, 0.1) is 24.0 Å². The van der Waals surface area contributed by atoms with E-state index in [9.17, 15) is 18.4 Å². The number of halogens is 2. The van der Waals surface area contributed by atoms with E-state index in [1.807, 2.05) is 0 Å². The molecule has 20 heavy (non-hydrogen) atoms. The fraction of sp³-hybridized carbons (Fsp3) is 0.231. The van der Waals surface area contributed by atoms with Crippen molar-refractivity contribution in [3.05, 3.63) is 35.4 Å². The molecule has 0 saturated carbocycles. The Morgan fingerprint density at radius 2 is 2.10 bits per heavy atom. The molecule has 0 aliphatic rings. The largest absolute Gasteiger partial charge is 0.480 e. The number of rotatable bonds is 5. The number of carbonyl (C=O) groups excluding carboxylic acids is 1. The first-order chi connectivity index (χ1) is 9.43. The number of urea groups is 1. The summed E-state index contributed by atoms with van der Waals surface area (Å²) in [7, 11) is 0. The number of hydrogen-bond acceptors (Lipinski definition) is 2. The third-order valence-electron chi connectivity index (χ3n) is 2.34. The summed E-state index contributed by atoms with van der Waals surface area (Å²) in [6.07, 6.45) is 5.02. The number of hydrogen-bond donors (Lipinski definition) is 2. The molecule has 7 heteroatoms. The minimum atomic E-state index is -1.22. The number of carboxylic acids is 1. The van der Waals surface area contributed by atoms with Crippen LogP contribution in [0.3, 0.4) is 0 Å². The molecular weight excluding hydrogens is 270 g/mol. The minimum Gasteiger partial charge on any atom is -0.480 e. The second-order valence-corrected chi connectivity index (χ2v) is 3.85. The Hall–Kier alpha value is -2.62. The average molecular weight is 282 g/mol. The molecule has 1 rings (SSSR count). The van der Waals surface area contributed by atoms with Gasteiger partial charge in [-0.15, -0.1) is 6.42 Å². The van der Waals surface area contributed by atoms with Gasteiger partial charge in [0.15, 0.2) is 0 Å². The lowest BCUT2D eigenvalue weighted by molar-refractivity contribution is -0.137. The second kappa shape index (κ2) is 7.09. The topological polar surface area (TPSA) is 69.6 Å². The van der Waals surface area contributed by atoms with E-state index >= 15 is 0 Å². The maximum absolute atomic E-state index is 13.3. The first-order valence-corrected chi connectivity index (χ1v) is 5.56. The fourth-order valence-electron chi connectivity index (χ4n) is 1.42. The third-order valence-corrected chi connectivity index (χ3v) is 2.34. The molecule has 5 nitrogen and oxygen atoms in total. The van der Waals surface area contributed by atoms with Crippen molar-refractivity contribution in [1.29, 1.82) is 0 Å². The lowest BCUT2D eigenvalue weighted by atomic mass is 10.2. The molecule has 0 saturated heterocycles. The van der Waals surface area contributed by atoms with E-state index in [0.717, 1.165) is 11.0 Å². The highest BCUT2D eigenvalue weighted by Crippen LogP contribution is 2.09. The molecule has 0 radical (unpaired) electrons. The number of aliphatic carboxylic acids is 1. The van der Waals surface area contributed by atoms with Crippen LogP contribution >= 0.6 is 0 Å². The first-order valence-electron chi connectivity index (χ1n) is 5.56. The van der Waals surface area contributed by atoms with Crippen LogP contribution < -0.4 is 5.32 Å². The summed E-state index contributed by atoms with van der Waals surface area (Å²) in [6.45, 7) is -0.961. The fourth-order valence-corrected chi connectivity index (χ4v) is 1.42. The lowest BCUT2D eigenvalue weighted by Crippen LogP contribution is -2.42.